The van der Waals surface area contributed by atoms with Crippen molar-refractivity contribution in [3.8, 4) is 22.6 Å². The van der Waals surface area contributed by atoms with Gasteiger partial charge in [0.2, 0.25) is 0 Å². The smallest absolute Gasteiger partial charge is 0.326 e. The van der Waals surface area contributed by atoms with Crippen molar-refractivity contribution in [1.82, 2.24) is 14.5 Å². The average Bonchev–Trinajstić information content (AvgIpc) is 3.33. The van der Waals surface area contributed by atoms with Crippen molar-refractivity contribution in [2.24, 2.45) is 5.92 Å². The molecule has 0 radical (unpaired) electrons. The fraction of sp³-hybridized carbons (Fsp3) is 0.382. The number of halogens is 4. The van der Waals surface area contributed by atoms with Gasteiger partial charge in [0, 0.05) is 42.3 Å². The molecular weight excluding hydrogens is 543 g/mol. The van der Waals surface area contributed by atoms with Crippen molar-refractivity contribution in [1.29, 1.82) is 0 Å². The molecule has 1 aromatic heterocycles. The molecule has 1 aliphatic rings. The Morgan fingerprint density at radius 3 is 2.17 bits per heavy atom. The zero-order valence-electron chi connectivity index (χ0n) is 23.5. The molecule has 0 spiro atoms. The number of benzene rings is 3. The number of hydrogen-bond acceptors (Lipinski definition) is 2. The summed E-state index contributed by atoms with van der Waals surface area (Å²) in [5.41, 5.74) is 3.91. The quantitative estimate of drug-likeness (QED) is 0.186. The second kappa shape index (κ2) is 13.3. The van der Waals surface area contributed by atoms with Crippen molar-refractivity contribution in [3.63, 3.8) is 0 Å². The minimum absolute atomic E-state index is 0.339. The maximum atomic E-state index is 13.6. The predicted octanol–water partition coefficient (Wildman–Crippen LogP) is 9.88. The molecule has 1 heterocycles. The third kappa shape index (κ3) is 7.22. The van der Waals surface area contributed by atoms with Crippen LogP contribution in [0, 0.1) is 5.92 Å². The molecule has 1 fully saturated rings. The third-order valence-electron chi connectivity index (χ3n) is 7.98. The van der Waals surface area contributed by atoms with Crippen LogP contribution in [-0.4, -0.2) is 21.0 Å². The van der Waals surface area contributed by atoms with E-state index in [4.69, 9.17) is 16.6 Å². The van der Waals surface area contributed by atoms with Crippen LogP contribution in [0.4, 0.5) is 13.2 Å². The van der Waals surface area contributed by atoms with E-state index in [-0.39, 0.29) is 0 Å². The third-order valence-corrected chi connectivity index (χ3v) is 8.35. The molecule has 0 saturated heterocycles. The zero-order valence-corrected chi connectivity index (χ0v) is 24.3. The number of rotatable bonds is 10. The molecular formula is C34H37ClF3N3. The van der Waals surface area contributed by atoms with E-state index in [0.717, 1.165) is 66.8 Å². The lowest BCUT2D eigenvalue weighted by atomic mass is 9.88. The Labute approximate surface area is 246 Å². The maximum absolute atomic E-state index is 13.6. The van der Waals surface area contributed by atoms with Gasteiger partial charge in [-0.3, -0.25) is 4.90 Å². The number of hydrogen-bond donors (Lipinski definition) is 0. The molecule has 216 valence electrons. The molecule has 0 atom stereocenters. The Hall–Kier alpha value is -3.09. The second-order valence-corrected chi connectivity index (χ2v) is 11.5. The van der Waals surface area contributed by atoms with E-state index in [2.05, 4.69) is 40.7 Å². The fourth-order valence-corrected chi connectivity index (χ4v) is 6.17. The van der Waals surface area contributed by atoms with E-state index in [1.165, 1.54) is 31.4 Å². The first-order valence-corrected chi connectivity index (χ1v) is 15.0. The largest absolute Gasteiger partial charge is 0.416 e. The lowest BCUT2D eigenvalue weighted by Crippen LogP contribution is -2.31. The summed E-state index contributed by atoms with van der Waals surface area (Å²) in [5, 5.41) is 0.363. The Balaban J connectivity index is 1.59. The van der Waals surface area contributed by atoms with Crippen molar-refractivity contribution in [2.45, 2.75) is 71.3 Å². The molecule has 3 nitrogen and oxygen atoms in total. The molecule has 0 N–H and O–H groups in total. The fourth-order valence-electron chi connectivity index (χ4n) is 5.99. The van der Waals surface area contributed by atoms with Gasteiger partial charge in [-0.1, -0.05) is 98.5 Å². The van der Waals surface area contributed by atoms with E-state index in [0.29, 0.717) is 29.6 Å². The summed E-state index contributed by atoms with van der Waals surface area (Å²) in [5.74, 6) is 1.42. The van der Waals surface area contributed by atoms with Crippen molar-refractivity contribution >= 4 is 11.6 Å². The lowest BCUT2D eigenvalue weighted by Gasteiger charge is -2.31. The summed E-state index contributed by atoms with van der Waals surface area (Å²) in [7, 11) is 0. The van der Waals surface area contributed by atoms with E-state index in [9.17, 15) is 13.2 Å². The molecule has 0 amide bonds. The Kier molecular flexibility index (Phi) is 9.51. The predicted molar refractivity (Wildman–Crippen MR) is 161 cm³/mol. The Morgan fingerprint density at radius 2 is 1.54 bits per heavy atom. The van der Waals surface area contributed by atoms with Crippen LogP contribution >= 0.6 is 11.6 Å². The first-order valence-electron chi connectivity index (χ1n) is 14.6. The van der Waals surface area contributed by atoms with Crippen LogP contribution < -0.4 is 0 Å². The number of imidazole rings is 1. The summed E-state index contributed by atoms with van der Waals surface area (Å²) >= 11 is 6.52. The second-order valence-electron chi connectivity index (χ2n) is 11.1. The van der Waals surface area contributed by atoms with Gasteiger partial charge in [0.25, 0.3) is 0 Å². The number of aromatic nitrogens is 2. The standard InChI is InChI=1S/C34H37ClF3N3/c1-2-20-41-31(32(26-14-8-4-9-15-26)39-33(41)27-16-10-5-11-17-27)24-40(22-25-12-6-3-7-13-25)23-28-21-29(34(36,37)38)18-19-30(28)35/h4-5,8-11,14-19,21,25H,2-3,6-7,12-13,20,22-24H2,1H3. The summed E-state index contributed by atoms with van der Waals surface area (Å²) in [6.07, 6.45) is 2.44. The van der Waals surface area contributed by atoms with E-state index in [1.54, 1.807) is 0 Å². The van der Waals surface area contributed by atoms with Gasteiger partial charge in [0.1, 0.15) is 5.82 Å². The van der Waals surface area contributed by atoms with Gasteiger partial charge in [0.15, 0.2) is 0 Å². The zero-order chi connectivity index (χ0) is 28.8. The van der Waals surface area contributed by atoms with E-state index < -0.39 is 11.7 Å². The molecule has 41 heavy (non-hydrogen) atoms. The highest BCUT2D eigenvalue weighted by molar-refractivity contribution is 6.31. The van der Waals surface area contributed by atoms with Crippen LogP contribution in [0.1, 0.15) is 62.3 Å². The summed E-state index contributed by atoms with van der Waals surface area (Å²) in [6, 6.07) is 24.0. The topological polar surface area (TPSA) is 21.1 Å². The molecule has 4 aromatic rings. The first-order chi connectivity index (χ1) is 19.8. The highest BCUT2D eigenvalue weighted by Gasteiger charge is 2.31. The van der Waals surface area contributed by atoms with Gasteiger partial charge < -0.3 is 4.57 Å². The molecule has 3 aromatic carbocycles. The van der Waals surface area contributed by atoms with Crippen molar-refractivity contribution in [2.75, 3.05) is 6.54 Å². The van der Waals surface area contributed by atoms with Crippen LogP contribution in [0.5, 0.6) is 0 Å². The Morgan fingerprint density at radius 1 is 0.878 bits per heavy atom. The first kappa shape index (κ1) is 29.4. The SMILES string of the molecule is CCCn1c(-c2ccccc2)nc(-c2ccccc2)c1CN(Cc1cc(C(F)(F)F)ccc1Cl)CC1CCCCC1. The van der Waals surface area contributed by atoms with Crippen LogP contribution in [0.15, 0.2) is 78.9 Å². The van der Waals surface area contributed by atoms with Gasteiger partial charge >= 0.3 is 6.18 Å². The molecule has 0 unspecified atom stereocenters. The summed E-state index contributed by atoms with van der Waals surface area (Å²) in [6.45, 7) is 4.65. The Bertz CT molecular complexity index is 1410. The van der Waals surface area contributed by atoms with Gasteiger partial charge in [-0.25, -0.2) is 4.98 Å². The van der Waals surface area contributed by atoms with Crippen LogP contribution in [0.25, 0.3) is 22.6 Å². The minimum atomic E-state index is -4.42. The summed E-state index contributed by atoms with van der Waals surface area (Å²) < 4.78 is 43.2. The van der Waals surface area contributed by atoms with Gasteiger partial charge in [-0.15, -0.1) is 0 Å². The summed E-state index contributed by atoms with van der Waals surface area (Å²) in [4.78, 5) is 7.49. The molecule has 1 saturated carbocycles. The minimum Gasteiger partial charge on any atom is -0.326 e. The normalized spacial score (nSPS) is 14.6. The van der Waals surface area contributed by atoms with Crippen LogP contribution in [0.2, 0.25) is 5.02 Å². The monoisotopic (exact) mass is 579 g/mol. The van der Waals surface area contributed by atoms with Crippen molar-refractivity contribution in [3.05, 3.63) is 101 Å². The molecule has 0 bridgehead atoms. The van der Waals surface area contributed by atoms with Crippen molar-refractivity contribution < 1.29 is 13.2 Å². The van der Waals surface area contributed by atoms with Crippen LogP contribution in [-0.2, 0) is 25.8 Å². The van der Waals surface area contributed by atoms with Gasteiger partial charge in [0.05, 0.1) is 17.0 Å². The van der Waals surface area contributed by atoms with E-state index in [1.807, 2.05) is 36.4 Å². The van der Waals surface area contributed by atoms with Gasteiger partial charge in [-0.05, 0) is 48.9 Å². The van der Waals surface area contributed by atoms with Gasteiger partial charge in [-0.2, -0.15) is 13.2 Å². The number of nitrogens with zero attached hydrogens (tertiary/aromatic N) is 3. The number of alkyl halides is 3. The van der Waals surface area contributed by atoms with E-state index >= 15 is 0 Å². The average molecular weight is 580 g/mol. The molecule has 5 rings (SSSR count). The lowest BCUT2D eigenvalue weighted by molar-refractivity contribution is -0.137. The maximum Gasteiger partial charge on any atom is 0.416 e. The highest BCUT2D eigenvalue weighted by atomic mass is 35.5. The molecule has 7 heteroatoms. The highest BCUT2D eigenvalue weighted by Crippen LogP contribution is 2.35. The van der Waals surface area contributed by atoms with Crippen LogP contribution in [0.3, 0.4) is 0 Å². The molecule has 1 aliphatic carbocycles. The molecule has 0 aliphatic heterocycles.